The number of aromatic nitrogens is 4. The van der Waals surface area contributed by atoms with E-state index in [2.05, 4.69) is 82.6 Å². The molecular formula is C35H39N7O2. The number of amides is 1. The molecule has 226 valence electrons. The second-order valence-electron chi connectivity index (χ2n) is 11.6. The summed E-state index contributed by atoms with van der Waals surface area (Å²) >= 11 is 0. The Morgan fingerprint density at radius 3 is 2.25 bits per heavy atom. The van der Waals surface area contributed by atoms with Crippen LogP contribution in [-0.2, 0) is 17.9 Å². The Labute approximate surface area is 258 Å². The van der Waals surface area contributed by atoms with Crippen LogP contribution in [0, 0.1) is 5.92 Å². The predicted octanol–water partition coefficient (Wildman–Crippen LogP) is 7.15. The number of likely N-dealkylation sites (tertiary alicyclic amines) is 1. The second kappa shape index (κ2) is 13.6. The standard InChI is InChI=1S/C35H39N7O2/c1-25(2)42-24-38-31-32(36-21-26-13-15-30(16-14-26)29-11-7-4-8-12-29)39-34(40-33(31)42)37-22-27-17-19-41(20-18-27)35(43)44-23-28-9-5-3-6-10-28/h3-16,24-25,27H,17-23H2,1-2H3,(H2,36,37,39,40). The lowest BCUT2D eigenvalue weighted by Gasteiger charge is -2.31. The highest BCUT2D eigenvalue weighted by atomic mass is 16.6. The number of rotatable bonds is 10. The van der Waals surface area contributed by atoms with Crippen LogP contribution in [0.15, 0.2) is 91.3 Å². The Balaban J connectivity index is 1.07. The quantitative estimate of drug-likeness (QED) is 0.179. The zero-order valence-corrected chi connectivity index (χ0v) is 25.3. The van der Waals surface area contributed by atoms with Crippen LogP contribution >= 0.6 is 0 Å². The van der Waals surface area contributed by atoms with Gasteiger partial charge in [-0.3, -0.25) is 0 Å². The van der Waals surface area contributed by atoms with Crippen molar-refractivity contribution in [3.63, 3.8) is 0 Å². The lowest BCUT2D eigenvalue weighted by atomic mass is 9.97. The minimum absolute atomic E-state index is 0.215. The molecule has 0 saturated carbocycles. The van der Waals surface area contributed by atoms with Crippen molar-refractivity contribution in [3.05, 3.63) is 102 Å². The van der Waals surface area contributed by atoms with E-state index in [0.29, 0.717) is 43.9 Å². The Morgan fingerprint density at radius 2 is 1.55 bits per heavy atom. The Morgan fingerprint density at radius 1 is 0.864 bits per heavy atom. The first-order valence-corrected chi connectivity index (χ1v) is 15.4. The zero-order valence-electron chi connectivity index (χ0n) is 25.3. The van der Waals surface area contributed by atoms with E-state index in [1.165, 1.54) is 11.1 Å². The zero-order chi connectivity index (χ0) is 30.3. The number of carbonyl (C=O) groups excluding carboxylic acids is 1. The van der Waals surface area contributed by atoms with Crippen LogP contribution < -0.4 is 10.6 Å². The molecule has 0 radical (unpaired) electrons. The van der Waals surface area contributed by atoms with Crippen LogP contribution in [0.1, 0.15) is 43.9 Å². The van der Waals surface area contributed by atoms with Crippen molar-refractivity contribution in [1.82, 2.24) is 24.4 Å². The normalized spacial score (nSPS) is 13.8. The van der Waals surface area contributed by atoms with Crippen molar-refractivity contribution < 1.29 is 9.53 Å². The van der Waals surface area contributed by atoms with Crippen molar-refractivity contribution in [2.24, 2.45) is 5.92 Å². The summed E-state index contributed by atoms with van der Waals surface area (Å²) in [6.07, 6.45) is 3.37. The van der Waals surface area contributed by atoms with Gasteiger partial charge in [0.1, 0.15) is 6.61 Å². The number of hydrogen-bond acceptors (Lipinski definition) is 7. The summed E-state index contributed by atoms with van der Waals surface area (Å²) in [5.41, 5.74) is 6.10. The van der Waals surface area contributed by atoms with E-state index in [-0.39, 0.29) is 12.1 Å². The molecule has 1 aliphatic rings. The highest BCUT2D eigenvalue weighted by Gasteiger charge is 2.24. The van der Waals surface area contributed by atoms with E-state index in [1.807, 2.05) is 42.7 Å². The summed E-state index contributed by atoms with van der Waals surface area (Å²) in [6, 6.07) is 29.0. The number of carbonyl (C=O) groups is 1. The third-order valence-electron chi connectivity index (χ3n) is 8.13. The highest BCUT2D eigenvalue weighted by molar-refractivity contribution is 5.84. The number of ether oxygens (including phenoxy) is 1. The van der Waals surface area contributed by atoms with Crippen LogP contribution in [0.3, 0.4) is 0 Å². The maximum atomic E-state index is 12.6. The molecule has 1 saturated heterocycles. The third kappa shape index (κ3) is 6.99. The first kappa shape index (κ1) is 29.2. The van der Waals surface area contributed by atoms with E-state index in [0.717, 1.165) is 41.7 Å². The molecule has 3 aromatic carbocycles. The van der Waals surface area contributed by atoms with E-state index in [4.69, 9.17) is 14.7 Å². The molecule has 44 heavy (non-hydrogen) atoms. The average molecular weight is 590 g/mol. The number of nitrogens with zero attached hydrogens (tertiary/aromatic N) is 5. The third-order valence-corrected chi connectivity index (χ3v) is 8.13. The molecule has 9 heteroatoms. The van der Waals surface area contributed by atoms with Gasteiger partial charge in [0.15, 0.2) is 17.0 Å². The Hall–Kier alpha value is -4.92. The largest absolute Gasteiger partial charge is 0.445 e. The number of imidazole rings is 1. The molecule has 2 aromatic heterocycles. The molecule has 0 aliphatic carbocycles. The van der Waals surface area contributed by atoms with Crippen molar-refractivity contribution in [3.8, 4) is 11.1 Å². The fourth-order valence-electron chi connectivity index (χ4n) is 5.49. The topological polar surface area (TPSA) is 97.2 Å². The number of benzene rings is 3. The SMILES string of the molecule is CC(C)n1cnc2c(NCc3ccc(-c4ccccc4)cc3)nc(NCC3CCN(C(=O)OCc4ccccc4)CC3)nc21. The molecule has 2 N–H and O–H groups in total. The number of piperidine rings is 1. The minimum Gasteiger partial charge on any atom is -0.445 e. The van der Waals surface area contributed by atoms with Crippen LogP contribution in [0.4, 0.5) is 16.6 Å². The van der Waals surface area contributed by atoms with E-state index < -0.39 is 0 Å². The molecule has 1 fully saturated rings. The molecule has 5 aromatic rings. The van der Waals surface area contributed by atoms with E-state index in [1.54, 1.807) is 4.90 Å². The van der Waals surface area contributed by atoms with Crippen LogP contribution in [0.5, 0.6) is 0 Å². The Kier molecular flexibility index (Phi) is 9.01. The molecule has 3 heterocycles. The van der Waals surface area contributed by atoms with Gasteiger partial charge in [-0.25, -0.2) is 9.78 Å². The van der Waals surface area contributed by atoms with Gasteiger partial charge in [0.25, 0.3) is 0 Å². The smallest absolute Gasteiger partial charge is 0.410 e. The van der Waals surface area contributed by atoms with Crippen LogP contribution in [0.25, 0.3) is 22.3 Å². The van der Waals surface area contributed by atoms with Crippen LogP contribution in [-0.4, -0.2) is 50.1 Å². The van der Waals surface area contributed by atoms with Gasteiger partial charge < -0.3 is 24.8 Å². The average Bonchev–Trinajstić information content (AvgIpc) is 3.51. The second-order valence-corrected chi connectivity index (χ2v) is 11.6. The van der Waals surface area contributed by atoms with Crippen molar-refractivity contribution >= 4 is 29.0 Å². The molecule has 1 amide bonds. The number of nitrogens with one attached hydrogen (secondary N) is 2. The summed E-state index contributed by atoms with van der Waals surface area (Å²) < 4.78 is 7.60. The first-order chi connectivity index (χ1) is 21.5. The summed E-state index contributed by atoms with van der Waals surface area (Å²) in [4.78, 5) is 28.7. The number of fused-ring (bicyclic) bond motifs is 1. The van der Waals surface area contributed by atoms with Crippen molar-refractivity contribution in [1.29, 1.82) is 0 Å². The van der Waals surface area contributed by atoms with Gasteiger partial charge in [0.05, 0.1) is 6.33 Å². The maximum absolute atomic E-state index is 12.6. The van der Waals surface area contributed by atoms with Gasteiger partial charge in [-0.2, -0.15) is 9.97 Å². The molecule has 0 spiro atoms. The molecule has 0 unspecified atom stereocenters. The molecule has 1 aliphatic heterocycles. The lowest BCUT2D eigenvalue weighted by molar-refractivity contribution is 0.0832. The molecular weight excluding hydrogens is 550 g/mol. The molecule has 0 atom stereocenters. The van der Waals surface area contributed by atoms with Gasteiger partial charge in [-0.15, -0.1) is 0 Å². The number of anilines is 2. The van der Waals surface area contributed by atoms with E-state index in [9.17, 15) is 4.79 Å². The van der Waals surface area contributed by atoms with Crippen molar-refractivity contribution in [2.75, 3.05) is 30.3 Å². The fourth-order valence-corrected chi connectivity index (χ4v) is 5.49. The highest BCUT2D eigenvalue weighted by Crippen LogP contribution is 2.26. The van der Waals surface area contributed by atoms with Gasteiger partial charge in [0.2, 0.25) is 5.95 Å². The summed E-state index contributed by atoms with van der Waals surface area (Å²) in [6.45, 7) is 7.24. The van der Waals surface area contributed by atoms with Crippen molar-refractivity contribution in [2.45, 2.75) is 45.9 Å². The van der Waals surface area contributed by atoms with Gasteiger partial charge >= 0.3 is 6.09 Å². The monoisotopic (exact) mass is 589 g/mol. The minimum atomic E-state index is -0.249. The van der Waals surface area contributed by atoms with E-state index >= 15 is 0 Å². The van der Waals surface area contributed by atoms with Crippen LogP contribution in [0.2, 0.25) is 0 Å². The number of hydrogen-bond donors (Lipinski definition) is 2. The summed E-state index contributed by atoms with van der Waals surface area (Å²) in [5.74, 6) is 1.69. The molecule has 0 bridgehead atoms. The first-order valence-electron chi connectivity index (χ1n) is 15.4. The molecule has 6 rings (SSSR count). The lowest BCUT2D eigenvalue weighted by Crippen LogP contribution is -2.40. The summed E-state index contributed by atoms with van der Waals surface area (Å²) in [7, 11) is 0. The van der Waals surface area contributed by atoms with Gasteiger partial charge in [-0.05, 0) is 54.9 Å². The van der Waals surface area contributed by atoms with Gasteiger partial charge in [-0.1, -0.05) is 84.9 Å². The maximum Gasteiger partial charge on any atom is 0.410 e. The summed E-state index contributed by atoms with van der Waals surface area (Å²) in [5, 5.41) is 6.99. The Bertz CT molecular complexity index is 1660. The fraction of sp³-hybridized carbons (Fsp3) is 0.314. The van der Waals surface area contributed by atoms with Gasteiger partial charge in [0, 0.05) is 32.2 Å². The predicted molar refractivity (Wildman–Crippen MR) is 174 cm³/mol. The molecule has 9 nitrogen and oxygen atoms in total.